The number of hydrogen-bond acceptors (Lipinski definition) is 0. The number of rotatable bonds is 2. The van der Waals surface area contributed by atoms with E-state index in [4.69, 9.17) is 0 Å². The Labute approximate surface area is 46.4 Å². The molecule has 0 rings (SSSR count). The normalized spacial score (nSPS) is 8.60. The van der Waals surface area contributed by atoms with Gasteiger partial charge < -0.3 is 0 Å². The molecule has 0 aliphatic carbocycles. The van der Waals surface area contributed by atoms with Crippen molar-refractivity contribution in [2.24, 2.45) is 0 Å². The van der Waals surface area contributed by atoms with Gasteiger partial charge in [0.25, 0.3) is 0 Å². The molecule has 0 aliphatic rings. The molecule has 0 saturated heterocycles. The Hall–Kier alpha value is 0.766. The molecular formula is C4H9Mg+. The van der Waals surface area contributed by atoms with Crippen LogP contribution in [0, 0.1) is 0 Å². The molecule has 5 heavy (non-hydrogen) atoms. The number of hydrogen-bond donors (Lipinski definition) is 0. The average molecular weight is 81.4 g/mol. The molecule has 0 unspecified atom stereocenters. The van der Waals surface area contributed by atoms with Crippen LogP contribution in [-0.4, -0.2) is 21.7 Å². The number of unbranched alkanes of at least 4 members (excludes halogenated alkanes) is 1. The molecule has 0 amide bonds. The van der Waals surface area contributed by atoms with E-state index in [1.54, 1.807) is 0 Å². The fraction of sp³-hybridized carbons (Fsp3) is 1.00. The molecule has 0 aromatic rings. The van der Waals surface area contributed by atoms with Gasteiger partial charge in [-0.1, -0.05) is 0 Å². The summed E-state index contributed by atoms with van der Waals surface area (Å²) in [6, 6.07) is 0. The molecular weight excluding hydrogens is 72.3 g/mol. The van der Waals surface area contributed by atoms with E-state index in [1.165, 1.54) is 17.4 Å². The Morgan fingerprint density at radius 3 is 2.20 bits per heavy atom. The topological polar surface area (TPSA) is 0 Å². The van der Waals surface area contributed by atoms with Crippen LogP contribution in [0.3, 0.4) is 0 Å². The summed E-state index contributed by atoms with van der Waals surface area (Å²) >= 11 is 2.05. The van der Waals surface area contributed by atoms with Gasteiger partial charge in [0.2, 0.25) is 0 Å². The average Bonchev–Trinajstić information content (AvgIpc) is 1.41. The molecule has 26 valence electrons. The maximum absolute atomic E-state index is 2.22. The van der Waals surface area contributed by atoms with Gasteiger partial charge in [0.1, 0.15) is 0 Å². The second kappa shape index (κ2) is 4.77. The third kappa shape index (κ3) is 4.77. The minimum absolute atomic E-state index is 1.35. The molecule has 0 aliphatic heterocycles. The first-order valence-corrected chi connectivity index (χ1v) is 3.21. The molecule has 0 fully saturated rings. The van der Waals surface area contributed by atoms with Crippen molar-refractivity contribution in [3.8, 4) is 0 Å². The van der Waals surface area contributed by atoms with Crippen LogP contribution in [0.25, 0.3) is 0 Å². The predicted molar refractivity (Wildman–Crippen MR) is 25.5 cm³/mol. The Balaban J connectivity index is 2.19. The standard InChI is InChI=1S/C4H9.Mg/c1-3-4-2;/h1,3-4H2,2H3;/q;+1. The van der Waals surface area contributed by atoms with Crippen LogP contribution < -0.4 is 0 Å². The maximum atomic E-state index is 2.22. The van der Waals surface area contributed by atoms with Gasteiger partial charge in [0.15, 0.2) is 0 Å². The second-order valence-corrected chi connectivity index (χ2v) is 1.91. The summed E-state index contributed by atoms with van der Waals surface area (Å²) in [7, 11) is 0. The van der Waals surface area contributed by atoms with Gasteiger partial charge in [-0.05, 0) is 0 Å². The first-order chi connectivity index (χ1) is 2.41. The minimum atomic E-state index is 1.35. The summed E-state index contributed by atoms with van der Waals surface area (Å²) in [5.74, 6) is 0. The molecule has 0 bridgehead atoms. The van der Waals surface area contributed by atoms with Crippen molar-refractivity contribution >= 4 is 21.7 Å². The Kier molecular flexibility index (Phi) is 5.50. The Bertz CT molecular complexity index is 11.1. The van der Waals surface area contributed by atoms with E-state index in [1.807, 2.05) is 21.7 Å². The fourth-order valence-electron chi connectivity index (χ4n) is 0.250. The zero-order valence-corrected chi connectivity index (χ0v) is 5.24. The summed E-state index contributed by atoms with van der Waals surface area (Å²) in [4.78, 5) is 0. The fourth-order valence-corrected chi connectivity index (χ4v) is 0.750. The first kappa shape index (κ1) is 5.77. The van der Waals surface area contributed by atoms with E-state index in [0.29, 0.717) is 0 Å². The molecule has 0 atom stereocenters. The molecule has 0 aromatic heterocycles. The Morgan fingerprint density at radius 2 is 2.20 bits per heavy atom. The molecule has 0 heterocycles. The van der Waals surface area contributed by atoms with Crippen molar-refractivity contribution in [1.29, 1.82) is 0 Å². The summed E-state index contributed by atoms with van der Waals surface area (Å²) < 4.78 is 1.37. The van der Waals surface area contributed by atoms with Gasteiger partial charge in [-0.3, -0.25) is 0 Å². The van der Waals surface area contributed by atoms with Crippen LogP contribution in [0.1, 0.15) is 19.8 Å². The van der Waals surface area contributed by atoms with Crippen molar-refractivity contribution in [2.75, 3.05) is 0 Å². The summed E-state index contributed by atoms with van der Waals surface area (Å²) in [6.07, 6.45) is 2.75. The third-order valence-corrected chi connectivity index (χ3v) is 1.10. The van der Waals surface area contributed by atoms with E-state index in [-0.39, 0.29) is 0 Å². The van der Waals surface area contributed by atoms with Gasteiger partial charge in [-0.2, -0.15) is 0 Å². The zero-order valence-electron chi connectivity index (χ0n) is 3.83. The summed E-state index contributed by atoms with van der Waals surface area (Å²) in [5, 5.41) is 0. The van der Waals surface area contributed by atoms with Crippen LogP contribution >= 0.6 is 0 Å². The molecule has 0 N–H and O–H groups in total. The zero-order chi connectivity index (χ0) is 4.12. The second-order valence-electron chi connectivity index (χ2n) is 1.21. The summed E-state index contributed by atoms with van der Waals surface area (Å²) in [5.41, 5.74) is 0. The van der Waals surface area contributed by atoms with Gasteiger partial charge in [-0.25, -0.2) is 0 Å². The molecule has 0 nitrogen and oxygen atoms in total. The van der Waals surface area contributed by atoms with Crippen LogP contribution in [-0.2, 0) is 0 Å². The van der Waals surface area contributed by atoms with Crippen LogP contribution in [0.5, 0.6) is 0 Å². The van der Waals surface area contributed by atoms with Crippen molar-refractivity contribution in [1.82, 2.24) is 0 Å². The van der Waals surface area contributed by atoms with E-state index in [0.717, 1.165) is 0 Å². The molecule has 0 aromatic carbocycles. The van der Waals surface area contributed by atoms with E-state index in [2.05, 4.69) is 6.92 Å². The van der Waals surface area contributed by atoms with Crippen LogP contribution in [0.2, 0.25) is 4.55 Å². The van der Waals surface area contributed by atoms with Crippen LogP contribution in [0.4, 0.5) is 0 Å². The Morgan fingerprint density at radius 1 is 1.60 bits per heavy atom. The molecule has 1 heteroatoms. The third-order valence-electron chi connectivity index (χ3n) is 0.604. The monoisotopic (exact) mass is 81.1 g/mol. The van der Waals surface area contributed by atoms with Crippen LogP contribution in [0.15, 0.2) is 0 Å². The van der Waals surface area contributed by atoms with E-state index >= 15 is 0 Å². The molecule has 0 saturated carbocycles. The van der Waals surface area contributed by atoms with Crippen molar-refractivity contribution in [3.05, 3.63) is 0 Å². The van der Waals surface area contributed by atoms with E-state index < -0.39 is 0 Å². The van der Waals surface area contributed by atoms with Crippen molar-refractivity contribution < 1.29 is 0 Å². The van der Waals surface area contributed by atoms with Crippen molar-refractivity contribution in [2.45, 2.75) is 24.3 Å². The van der Waals surface area contributed by atoms with Crippen molar-refractivity contribution in [3.63, 3.8) is 0 Å². The quantitative estimate of drug-likeness (QED) is 0.441. The van der Waals surface area contributed by atoms with E-state index in [9.17, 15) is 0 Å². The van der Waals surface area contributed by atoms with Gasteiger partial charge >= 0.3 is 46.0 Å². The van der Waals surface area contributed by atoms with Gasteiger partial charge in [0.05, 0.1) is 0 Å². The SMILES string of the molecule is CCC[CH2][Mg+]. The van der Waals surface area contributed by atoms with Gasteiger partial charge in [0, 0.05) is 0 Å². The molecule has 0 radical (unpaired) electrons. The van der Waals surface area contributed by atoms with Gasteiger partial charge in [-0.15, -0.1) is 0 Å². The first-order valence-electron chi connectivity index (χ1n) is 2.21. The predicted octanol–water partition coefficient (Wildman–Crippen LogP) is 1.37. The summed E-state index contributed by atoms with van der Waals surface area (Å²) in [6.45, 7) is 2.22. The molecule has 0 spiro atoms.